The average molecular weight is 303 g/mol. The van der Waals surface area contributed by atoms with E-state index in [4.69, 9.17) is 4.74 Å². The first kappa shape index (κ1) is 14.2. The maximum Gasteiger partial charge on any atom is 0.273 e. The number of nitrogens with zero attached hydrogens (tertiary/aromatic N) is 3. The van der Waals surface area contributed by atoms with E-state index in [1.54, 1.807) is 17.5 Å². The lowest BCUT2D eigenvalue weighted by atomic mass is 10.1. The molecular formula is C15H17N3O2S. The molecular weight excluding hydrogens is 286 g/mol. The van der Waals surface area contributed by atoms with Crippen molar-refractivity contribution in [3.05, 3.63) is 45.7 Å². The van der Waals surface area contributed by atoms with Gasteiger partial charge in [0.2, 0.25) is 0 Å². The van der Waals surface area contributed by atoms with E-state index in [-0.39, 0.29) is 11.9 Å². The first-order chi connectivity index (χ1) is 10.1. The first-order valence-electron chi connectivity index (χ1n) is 6.88. The lowest BCUT2D eigenvalue weighted by Crippen LogP contribution is -2.43. The standard InChI is InChI=1S/C15H17N3O2S/c1-10-3-4-16-12(7-10)15(19)18-5-6-20-8-14(18)13-9-21-11(2)17-13/h3-4,7,9,14H,5-6,8H2,1-2H3. The van der Waals surface area contributed by atoms with Gasteiger partial charge >= 0.3 is 0 Å². The number of rotatable bonds is 2. The Morgan fingerprint density at radius 1 is 1.48 bits per heavy atom. The lowest BCUT2D eigenvalue weighted by molar-refractivity contribution is -0.00407. The van der Waals surface area contributed by atoms with Crippen LogP contribution in [0, 0.1) is 13.8 Å². The van der Waals surface area contributed by atoms with Crippen LogP contribution in [0.5, 0.6) is 0 Å². The summed E-state index contributed by atoms with van der Waals surface area (Å²) < 4.78 is 5.54. The third-order valence-corrected chi connectivity index (χ3v) is 4.29. The third kappa shape index (κ3) is 2.96. The Morgan fingerprint density at radius 3 is 3.05 bits per heavy atom. The van der Waals surface area contributed by atoms with Crippen molar-refractivity contribution >= 4 is 17.2 Å². The van der Waals surface area contributed by atoms with Gasteiger partial charge in [-0.1, -0.05) is 0 Å². The van der Waals surface area contributed by atoms with Crippen molar-refractivity contribution in [3.8, 4) is 0 Å². The van der Waals surface area contributed by atoms with Gasteiger partial charge < -0.3 is 9.64 Å². The van der Waals surface area contributed by atoms with Crippen LogP contribution in [-0.2, 0) is 4.74 Å². The van der Waals surface area contributed by atoms with Gasteiger partial charge in [-0.15, -0.1) is 11.3 Å². The minimum absolute atomic E-state index is 0.0577. The number of ether oxygens (including phenoxy) is 1. The van der Waals surface area contributed by atoms with Crippen LogP contribution in [-0.4, -0.2) is 40.5 Å². The molecule has 110 valence electrons. The summed E-state index contributed by atoms with van der Waals surface area (Å²) in [4.78, 5) is 23.2. The molecule has 0 N–H and O–H groups in total. The second-order valence-electron chi connectivity index (χ2n) is 5.10. The maximum atomic E-state index is 12.7. The van der Waals surface area contributed by atoms with Crippen LogP contribution in [0.15, 0.2) is 23.7 Å². The summed E-state index contributed by atoms with van der Waals surface area (Å²) in [5.41, 5.74) is 2.41. The van der Waals surface area contributed by atoms with Gasteiger partial charge in [-0.05, 0) is 31.5 Å². The molecule has 3 heterocycles. The van der Waals surface area contributed by atoms with Crippen molar-refractivity contribution in [3.63, 3.8) is 0 Å². The monoisotopic (exact) mass is 303 g/mol. The highest BCUT2D eigenvalue weighted by Gasteiger charge is 2.31. The molecule has 0 aliphatic carbocycles. The van der Waals surface area contributed by atoms with E-state index in [2.05, 4.69) is 9.97 Å². The summed E-state index contributed by atoms with van der Waals surface area (Å²) in [5.74, 6) is -0.0577. The maximum absolute atomic E-state index is 12.7. The number of hydrogen-bond acceptors (Lipinski definition) is 5. The number of hydrogen-bond donors (Lipinski definition) is 0. The molecule has 21 heavy (non-hydrogen) atoms. The van der Waals surface area contributed by atoms with Gasteiger partial charge in [0.15, 0.2) is 0 Å². The van der Waals surface area contributed by atoms with E-state index in [9.17, 15) is 4.79 Å². The number of pyridine rings is 1. The van der Waals surface area contributed by atoms with Crippen LogP contribution >= 0.6 is 11.3 Å². The number of carbonyl (C=O) groups excluding carboxylic acids is 1. The van der Waals surface area contributed by atoms with Crippen LogP contribution in [0.25, 0.3) is 0 Å². The summed E-state index contributed by atoms with van der Waals surface area (Å²) >= 11 is 1.59. The molecule has 1 amide bonds. The van der Waals surface area contributed by atoms with E-state index < -0.39 is 0 Å². The Kier molecular flexibility index (Phi) is 3.98. The average Bonchev–Trinajstić information content (AvgIpc) is 2.93. The fourth-order valence-corrected chi connectivity index (χ4v) is 3.08. The molecule has 0 saturated carbocycles. The highest BCUT2D eigenvalue weighted by Crippen LogP contribution is 2.26. The van der Waals surface area contributed by atoms with E-state index in [1.165, 1.54) is 0 Å². The van der Waals surface area contributed by atoms with Crippen LogP contribution < -0.4 is 0 Å². The molecule has 0 spiro atoms. The van der Waals surface area contributed by atoms with Crippen molar-refractivity contribution in [2.75, 3.05) is 19.8 Å². The molecule has 1 fully saturated rings. The highest BCUT2D eigenvalue weighted by molar-refractivity contribution is 7.09. The molecule has 1 atom stereocenters. The molecule has 1 aliphatic heterocycles. The summed E-state index contributed by atoms with van der Waals surface area (Å²) in [6.07, 6.45) is 1.67. The predicted molar refractivity (Wildman–Crippen MR) is 80.4 cm³/mol. The summed E-state index contributed by atoms with van der Waals surface area (Å²) in [5, 5.41) is 3.00. The van der Waals surface area contributed by atoms with Crippen LogP contribution in [0.4, 0.5) is 0 Å². The summed E-state index contributed by atoms with van der Waals surface area (Å²) in [6, 6.07) is 3.58. The van der Waals surface area contributed by atoms with Gasteiger partial charge in [0.05, 0.1) is 30.0 Å². The van der Waals surface area contributed by atoms with Crippen LogP contribution in [0.1, 0.15) is 32.8 Å². The number of carbonyl (C=O) groups is 1. The van der Waals surface area contributed by atoms with Crippen LogP contribution in [0.2, 0.25) is 0 Å². The quantitative estimate of drug-likeness (QED) is 0.854. The van der Waals surface area contributed by atoms with Crippen molar-refractivity contribution in [2.45, 2.75) is 19.9 Å². The minimum atomic E-state index is -0.126. The van der Waals surface area contributed by atoms with E-state index in [1.807, 2.05) is 36.3 Å². The van der Waals surface area contributed by atoms with Crippen molar-refractivity contribution < 1.29 is 9.53 Å². The molecule has 2 aromatic rings. The van der Waals surface area contributed by atoms with Gasteiger partial charge in [-0.25, -0.2) is 4.98 Å². The molecule has 1 aliphatic rings. The van der Waals surface area contributed by atoms with Gasteiger partial charge in [0, 0.05) is 18.1 Å². The molecule has 1 saturated heterocycles. The molecule has 3 rings (SSSR count). The van der Waals surface area contributed by atoms with Gasteiger partial charge in [-0.2, -0.15) is 0 Å². The predicted octanol–water partition coefficient (Wildman–Crippen LogP) is 2.37. The SMILES string of the molecule is Cc1ccnc(C(=O)N2CCOCC2c2csc(C)n2)c1. The molecule has 0 aromatic carbocycles. The smallest absolute Gasteiger partial charge is 0.273 e. The zero-order valence-corrected chi connectivity index (χ0v) is 12.9. The number of aryl methyl sites for hydroxylation is 2. The second-order valence-corrected chi connectivity index (χ2v) is 6.16. The van der Waals surface area contributed by atoms with Gasteiger partial charge in [0.1, 0.15) is 5.69 Å². The van der Waals surface area contributed by atoms with Crippen molar-refractivity contribution in [1.29, 1.82) is 0 Å². The second kappa shape index (κ2) is 5.91. The van der Waals surface area contributed by atoms with E-state index in [0.717, 1.165) is 16.3 Å². The molecule has 2 aromatic heterocycles. The van der Waals surface area contributed by atoms with Crippen molar-refractivity contribution in [2.24, 2.45) is 0 Å². The minimum Gasteiger partial charge on any atom is -0.377 e. The van der Waals surface area contributed by atoms with Gasteiger partial charge in [0.25, 0.3) is 5.91 Å². The molecule has 1 unspecified atom stereocenters. The fourth-order valence-electron chi connectivity index (χ4n) is 2.43. The fraction of sp³-hybridized carbons (Fsp3) is 0.400. The normalized spacial score (nSPS) is 18.8. The van der Waals surface area contributed by atoms with E-state index >= 15 is 0 Å². The zero-order valence-electron chi connectivity index (χ0n) is 12.1. The number of morpholine rings is 1. The Labute approximate surface area is 127 Å². The third-order valence-electron chi connectivity index (χ3n) is 3.50. The molecule has 5 nitrogen and oxygen atoms in total. The number of amides is 1. The Balaban J connectivity index is 1.89. The summed E-state index contributed by atoms with van der Waals surface area (Å²) in [6.45, 7) is 5.53. The Hall–Kier alpha value is -1.79. The first-order valence-corrected chi connectivity index (χ1v) is 7.76. The summed E-state index contributed by atoms with van der Waals surface area (Å²) in [7, 11) is 0. The van der Waals surface area contributed by atoms with Crippen LogP contribution in [0.3, 0.4) is 0 Å². The molecule has 6 heteroatoms. The largest absolute Gasteiger partial charge is 0.377 e. The van der Waals surface area contributed by atoms with E-state index in [0.29, 0.717) is 25.5 Å². The van der Waals surface area contributed by atoms with Crippen molar-refractivity contribution in [1.82, 2.24) is 14.9 Å². The lowest BCUT2D eigenvalue weighted by Gasteiger charge is -2.34. The molecule has 0 bridgehead atoms. The highest BCUT2D eigenvalue weighted by atomic mass is 32.1. The number of thiazole rings is 1. The number of aromatic nitrogens is 2. The Bertz CT molecular complexity index is 656. The molecule has 0 radical (unpaired) electrons. The van der Waals surface area contributed by atoms with Gasteiger partial charge in [-0.3, -0.25) is 9.78 Å². The topological polar surface area (TPSA) is 55.3 Å². The Morgan fingerprint density at radius 2 is 2.33 bits per heavy atom. The zero-order chi connectivity index (χ0) is 14.8.